The van der Waals surface area contributed by atoms with Gasteiger partial charge in [0, 0.05) is 18.6 Å². The lowest BCUT2D eigenvalue weighted by atomic mass is 9.79. The molecule has 1 unspecified atom stereocenters. The Kier molecular flexibility index (Phi) is 4.59. The molecule has 1 aromatic carbocycles. The minimum atomic E-state index is -1.14. The zero-order chi connectivity index (χ0) is 16.3. The predicted molar refractivity (Wildman–Crippen MR) is 79.3 cm³/mol. The summed E-state index contributed by atoms with van der Waals surface area (Å²) in [5.74, 6) is -0.583. The van der Waals surface area contributed by atoms with E-state index < -0.39 is 16.3 Å². The summed E-state index contributed by atoms with van der Waals surface area (Å²) in [6.45, 7) is 3.49. The molecule has 0 spiro atoms. The molecule has 0 bridgehead atoms. The summed E-state index contributed by atoms with van der Waals surface area (Å²) in [4.78, 5) is 34.9. The molecule has 118 valence electrons. The maximum absolute atomic E-state index is 12.4. The van der Waals surface area contributed by atoms with E-state index in [-0.39, 0.29) is 24.0 Å². The van der Waals surface area contributed by atoms with E-state index in [0.29, 0.717) is 19.3 Å². The Morgan fingerprint density at radius 1 is 1.36 bits per heavy atom. The number of benzene rings is 1. The third kappa shape index (κ3) is 3.16. The summed E-state index contributed by atoms with van der Waals surface area (Å²) in [5.41, 5.74) is -0.428. The summed E-state index contributed by atoms with van der Waals surface area (Å²) < 4.78 is 5.27. The molecule has 2 rings (SSSR count). The summed E-state index contributed by atoms with van der Waals surface area (Å²) >= 11 is 0. The van der Waals surface area contributed by atoms with Crippen LogP contribution in [0.2, 0.25) is 0 Å². The van der Waals surface area contributed by atoms with Crippen LogP contribution in [0.5, 0.6) is 0 Å². The van der Waals surface area contributed by atoms with Gasteiger partial charge in [-0.05, 0) is 38.7 Å². The van der Waals surface area contributed by atoms with Gasteiger partial charge in [-0.25, -0.2) is 0 Å². The van der Waals surface area contributed by atoms with Gasteiger partial charge in [0.15, 0.2) is 5.78 Å². The summed E-state index contributed by atoms with van der Waals surface area (Å²) in [6, 6.07) is 5.95. The van der Waals surface area contributed by atoms with Crippen molar-refractivity contribution in [1.29, 1.82) is 0 Å². The van der Waals surface area contributed by atoms with Crippen LogP contribution in [0.3, 0.4) is 0 Å². The van der Waals surface area contributed by atoms with E-state index in [4.69, 9.17) is 4.74 Å². The van der Waals surface area contributed by atoms with Gasteiger partial charge in [0.05, 0.1) is 11.0 Å². The molecule has 1 aromatic rings. The first-order valence-electron chi connectivity index (χ1n) is 7.33. The first-order valence-corrected chi connectivity index (χ1v) is 7.33. The molecule has 1 aliphatic rings. The smallest absolute Gasteiger partial charge is 0.320 e. The fourth-order valence-electron chi connectivity index (χ4n) is 2.82. The molecule has 0 saturated heterocycles. The third-order valence-electron chi connectivity index (χ3n) is 3.93. The van der Waals surface area contributed by atoms with E-state index in [0.717, 1.165) is 5.56 Å². The highest BCUT2D eigenvalue weighted by atomic mass is 16.6. The number of Topliss-reactive ketones (excluding diaryl/α,β-unsaturated/α-hetero) is 1. The number of non-ortho nitro benzene ring substituents is 1. The number of nitro groups is 1. The summed E-state index contributed by atoms with van der Waals surface area (Å²) in [6.07, 6.45) is 1.46. The highest BCUT2D eigenvalue weighted by Gasteiger charge is 2.50. The van der Waals surface area contributed by atoms with Crippen LogP contribution in [0.15, 0.2) is 24.3 Å². The number of rotatable bonds is 5. The van der Waals surface area contributed by atoms with Gasteiger partial charge in [-0.15, -0.1) is 0 Å². The molecule has 1 atom stereocenters. The van der Waals surface area contributed by atoms with Crippen molar-refractivity contribution in [3.63, 3.8) is 0 Å². The van der Waals surface area contributed by atoms with E-state index >= 15 is 0 Å². The monoisotopic (exact) mass is 305 g/mol. The first kappa shape index (κ1) is 16.1. The van der Waals surface area contributed by atoms with Crippen LogP contribution in [0.4, 0.5) is 5.69 Å². The Hall–Kier alpha value is -2.24. The fourth-order valence-corrected chi connectivity index (χ4v) is 2.82. The molecule has 0 radical (unpaired) electrons. The van der Waals surface area contributed by atoms with Crippen molar-refractivity contribution in [3.8, 4) is 0 Å². The van der Waals surface area contributed by atoms with E-state index in [2.05, 4.69) is 0 Å². The zero-order valence-electron chi connectivity index (χ0n) is 12.7. The molecule has 1 aliphatic carbocycles. The molecule has 1 fully saturated rings. The van der Waals surface area contributed by atoms with Crippen molar-refractivity contribution in [1.82, 2.24) is 0 Å². The van der Waals surface area contributed by atoms with Crippen molar-refractivity contribution in [2.24, 2.45) is 5.41 Å². The molecule has 0 N–H and O–H groups in total. The third-order valence-corrected chi connectivity index (χ3v) is 3.93. The lowest BCUT2D eigenvalue weighted by molar-refractivity contribution is -0.384. The highest BCUT2D eigenvalue weighted by Crippen LogP contribution is 2.39. The van der Waals surface area contributed by atoms with Crippen molar-refractivity contribution in [2.75, 3.05) is 0 Å². The maximum Gasteiger partial charge on any atom is 0.320 e. The van der Waals surface area contributed by atoms with Gasteiger partial charge in [0.25, 0.3) is 5.69 Å². The molecule has 1 saturated carbocycles. The van der Waals surface area contributed by atoms with Gasteiger partial charge in [-0.1, -0.05) is 12.1 Å². The van der Waals surface area contributed by atoms with Gasteiger partial charge < -0.3 is 4.74 Å². The Labute approximate surface area is 128 Å². The Morgan fingerprint density at radius 3 is 2.45 bits per heavy atom. The Balaban J connectivity index is 2.25. The second-order valence-corrected chi connectivity index (χ2v) is 5.91. The topological polar surface area (TPSA) is 86.5 Å². The highest BCUT2D eigenvalue weighted by molar-refractivity contribution is 6.05. The normalized spacial score (nSPS) is 21.1. The van der Waals surface area contributed by atoms with E-state index in [1.807, 2.05) is 0 Å². The molecule has 0 aromatic heterocycles. The van der Waals surface area contributed by atoms with Crippen LogP contribution in [-0.4, -0.2) is 22.8 Å². The van der Waals surface area contributed by atoms with Crippen LogP contribution in [-0.2, 0) is 20.7 Å². The van der Waals surface area contributed by atoms with Gasteiger partial charge in [-0.3, -0.25) is 19.7 Å². The predicted octanol–water partition coefficient (Wildman–Crippen LogP) is 2.83. The number of hydrogen-bond donors (Lipinski definition) is 0. The SMILES string of the molecule is CC(C)OC(=O)C1(Cc2ccc([N+](=O)[O-])cc2)CCCC1=O. The van der Waals surface area contributed by atoms with Crippen LogP contribution in [0.25, 0.3) is 0 Å². The second kappa shape index (κ2) is 6.25. The number of ketones is 1. The van der Waals surface area contributed by atoms with Crippen LogP contribution in [0, 0.1) is 15.5 Å². The lowest BCUT2D eigenvalue weighted by Gasteiger charge is -2.26. The molecule has 6 heteroatoms. The largest absolute Gasteiger partial charge is 0.462 e. The average Bonchev–Trinajstić information content (AvgIpc) is 2.81. The zero-order valence-corrected chi connectivity index (χ0v) is 12.7. The van der Waals surface area contributed by atoms with Crippen LogP contribution < -0.4 is 0 Å². The second-order valence-electron chi connectivity index (χ2n) is 5.91. The molecular formula is C16H19NO5. The maximum atomic E-state index is 12.4. The Bertz CT molecular complexity index is 593. The molecule has 0 aliphatic heterocycles. The first-order chi connectivity index (χ1) is 10.3. The minimum absolute atomic E-state index is 0.0136. The summed E-state index contributed by atoms with van der Waals surface area (Å²) in [5, 5.41) is 10.7. The van der Waals surface area contributed by atoms with Crippen molar-refractivity contribution in [2.45, 2.75) is 45.6 Å². The van der Waals surface area contributed by atoms with Crippen LogP contribution >= 0.6 is 0 Å². The van der Waals surface area contributed by atoms with Crippen molar-refractivity contribution >= 4 is 17.4 Å². The van der Waals surface area contributed by atoms with Gasteiger partial charge >= 0.3 is 5.97 Å². The molecule has 0 amide bonds. The number of carbonyl (C=O) groups excluding carboxylic acids is 2. The number of esters is 1. The fraction of sp³-hybridized carbons (Fsp3) is 0.500. The number of nitrogens with zero attached hydrogens (tertiary/aromatic N) is 1. The number of carbonyl (C=O) groups is 2. The van der Waals surface area contributed by atoms with Crippen molar-refractivity contribution in [3.05, 3.63) is 39.9 Å². The number of ether oxygens (including phenoxy) is 1. The van der Waals surface area contributed by atoms with Crippen molar-refractivity contribution < 1.29 is 19.2 Å². The quantitative estimate of drug-likeness (QED) is 0.361. The van der Waals surface area contributed by atoms with E-state index in [1.165, 1.54) is 12.1 Å². The van der Waals surface area contributed by atoms with Gasteiger partial charge in [0.2, 0.25) is 0 Å². The average molecular weight is 305 g/mol. The van der Waals surface area contributed by atoms with E-state index in [9.17, 15) is 19.7 Å². The lowest BCUT2D eigenvalue weighted by Crippen LogP contribution is -2.40. The van der Waals surface area contributed by atoms with E-state index in [1.54, 1.807) is 26.0 Å². The van der Waals surface area contributed by atoms with Gasteiger partial charge in [0.1, 0.15) is 5.41 Å². The minimum Gasteiger partial charge on any atom is -0.462 e. The molecule has 0 heterocycles. The summed E-state index contributed by atoms with van der Waals surface area (Å²) in [7, 11) is 0. The standard InChI is InChI=1S/C16H19NO5/c1-11(2)22-15(19)16(9-3-4-14(16)18)10-12-5-7-13(8-6-12)17(20)21/h5-8,11H,3-4,9-10H2,1-2H3. The number of hydrogen-bond acceptors (Lipinski definition) is 5. The Morgan fingerprint density at radius 2 is 2.00 bits per heavy atom. The van der Waals surface area contributed by atoms with Crippen LogP contribution in [0.1, 0.15) is 38.7 Å². The van der Waals surface area contributed by atoms with Gasteiger partial charge in [-0.2, -0.15) is 0 Å². The number of nitro benzene ring substituents is 1. The molecular weight excluding hydrogens is 286 g/mol. The molecule has 22 heavy (non-hydrogen) atoms. The molecule has 6 nitrogen and oxygen atoms in total.